The van der Waals surface area contributed by atoms with Crippen LogP contribution < -0.4 is 9.62 Å². The molecule has 0 spiro atoms. The Kier molecular flexibility index (Phi) is 4.62. The van der Waals surface area contributed by atoms with E-state index in [0.717, 1.165) is 30.6 Å². The molecule has 1 aliphatic heterocycles. The monoisotopic (exact) mass is 350 g/mol. The number of aryl methyl sites for hydroxylation is 1. The predicted octanol–water partition coefficient (Wildman–Crippen LogP) is 3.20. The van der Waals surface area contributed by atoms with E-state index in [-0.39, 0.29) is 6.54 Å². The van der Waals surface area contributed by atoms with Crippen LogP contribution in [0, 0.1) is 0 Å². The summed E-state index contributed by atoms with van der Waals surface area (Å²) in [7, 11) is -1.54. The van der Waals surface area contributed by atoms with E-state index in [4.69, 9.17) is 11.6 Å². The summed E-state index contributed by atoms with van der Waals surface area (Å²) in [6, 6.07) is 12.5. The van der Waals surface area contributed by atoms with Crippen molar-refractivity contribution in [3.8, 4) is 0 Å². The van der Waals surface area contributed by atoms with E-state index in [1.165, 1.54) is 5.56 Å². The molecule has 0 atom stereocenters. The normalized spacial score (nSPS) is 14.6. The molecule has 1 aliphatic rings. The lowest BCUT2D eigenvalue weighted by atomic mass is 10.0. The van der Waals surface area contributed by atoms with Crippen LogP contribution in [-0.4, -0.2) is 22.0 Å². The first-order chi connectivity index (χ1) is 11.0. The Morgan fingerprint density at radius 1 is 1.17 bits per heavy atom. The number of hydrogen-bond donors (Lipinski definition) is 1. The van der Waals surface area contributed by atoms with Crippen LogP contribution in [0.1, 0.15) is 17.5 Å². The number of nitrogens with zero attached hydrogens (tertiary/aromatic N) is 1. The zero-order chi connectivity index (χ0) is 16.4. The van der Waals surface area contributed by atoms with Crippen LogP contribution in [-0.2, 0) is 23.0 Å². The van der Waals surface area contributed by atoms with Gasteiger partial charge < -0.3 is 4.90 Å². The molecule has 0 bridgehead atoms. The van der Waals surface area contributed by atoms with Crippen molar-refractivity contribution in [3.63, 3.8) is 0 Å². The highest BCUT2D eigenvalue weighted by Crippen LogP contribution is 2.28. The Bertz CT molecular complexity index is 804. The van der Waals surface area contributed by atoms with Crippen LogP contribution in [0.5, 0.6) is 0 Å². The summed E-state index contributed by atoms with van der Waals surface area (Å²) < 4.78 is 27.7. The van der Waals surface area contributed by atoms with Crippen molar-refractivity contribution in [2.24, 2.45) is 0 Å². The van der Waals surface area contributed by atoms with Crippen LogP contribution in [0.4, 0.5) is 5.69 Å². The molecule has 0 radical (unpaired) electrons. The lowest BCUT2D eigenvalue weighted by Crippen LogP contribution is -2.27. The number of fused-ring (bicyclic) bond motifs is 1. The van der Waals surface area contributed by atoms with Crippen molar-refractivity contribution < 1.29 is 8.42 Å². The van der Waals surface area contributed by atoms with Gasteiger partial charge in [-0.3, -0.25) is 0 Å². The molecule has 0 unspecified atom stereocenters. The molecular weight excluding hydrogens is 332 g/mol. The van der Waals surface area contributed by atoms with Crippen molar-refractivity contribution in [1.29, 1.82) is 0 Å². The SMILES string of the molecule is CN1CCCc2ccc(S(=O)(=O)NCc3ccc(Cl)cc3)cc21. The van der Waals surface area contributed by atoms with Gasteiger partial charge in [0.05, 0.1) is 4.90 Å². The quantitative estimate of drug-likeness (QED) is 0.921. The summed E-state index contributed by atoms with van der Waals surface area (Å²) in [5.41, 5.74) is 3.08. The Hall–Kier alpha value is -1.56. The molecule has 0 aliphatic carbocycles. The summed E-state index contributed by atoms with van der Waals surface area (Å²) in [4.78, 5) is 2.41. The molecule has 122 valence electrons. The highest BCUT2D eigenvalue weighted by atomic mass is 35.5. The molecular formula is C17H19ClN2O2S. The third-order valence-corrected chi connectivity index (χ3v) is 5.75. The fourth-order valence-electron chi connectivity index (χ4n) is 2.77. The van der Waals surface area contributed by atoms with Gasteiger partial charge >= 0.3 is 0 Å². The molecule has 1 heterocycles. The van der Waals surface area contributed by atoms with Crippen LogP contribution >= 0.6 is 11.6 Å². The van der Waals surface area contributed by atoms with Gasteiger partial charge in [0.15, 0.2) is 0 Å². The van der Waals surface area contributed by atoms with E-state index in [2.05, 4.69) is 9.62 Å². The highest BCUT2D eigenvalue weighted by Gasteiger charge is 2.19. The van der Waals surface area contributed by atoms with Gasteiger partial charge in [-0.15, -0.1) is 0 Å². The molecule has 6 heteroatoms. The topological polar surface area (TPSA) is 49.4 Å². The molecule has 0 aromatic heterocycles. The van der Waals surface area contributed by atoms with E-state index >= 15 is 0 Å². The minimum atomic E-state index is -3.54. The standard InChI is InChI=1S/C17H19ClN2O2S/c1-20-10-2-3-14-6-9-16(11-17(14)20)23(21,22)19-12-13-4-7-15(18)8-5-13/h4-9,11,19H,2-3,10,12H2,1H3. The van der Waals surface area contributed by atoms with Crippen molar-refractivity contribution in [2.45, 2.75) is 24.3 Å². The van der Waals surface area contributed by atoms with Crippen molar-refractivity contribution in [3.05, 3.63) is 58.6 Å². The Labute approximate surface area is 142 Å². The second-order valence-electron chi connectivity index (χ2n) is 5.77. The van der Waals surface area contributed by atoms with Crippen molar-refractivity contribution in [2.75, 3.05) is 18.5 Å². The summed E-state index contributed by atoms with van der Waals surface area (Å²) in [6.45, 7) is 1.20. The average Bonchev–Trinajstić information content (AvgIpc) is 2.54. The van der Waals surface area contributed by atoms with Crippen LogP contribution in [0.2, 0.25) is 5.02 Å². The average molecular weight is 351 g/mol. The first kappa shape index (κ1) is 16.3. The van der Waals surface area contributed by atoms with E-state index in [1.54, 1.807) is 24.3 Å². The van der Waals surface area contributed by atoms with Crippen LogP contribution in [0.25, 0.3) is 0 Å². The van der Waals surface area contributed by atoms with Gasteiger partial charge in [0.25, 0.3) is 0 Å². The molecule has 0 saturated carbocycles. The Morgan fingerprint density at radius 2 is 1.91 bits per heavy atom. The lowest BCUT2D eigenvalue weighted by Gasteiger charge is -2.27. The number of sulfonamides is 1. The maximum absolute atomic E-state index is 12.5. The van der Waals surface area contributed by atoms with Crippen molar-refractivity contribution >= 4 is 27.3 Å². The largest absolute Gasteiger partial charge is 0.374 e. The fourth-order valence-corrected chi connectivity index (χ4v) is 3.93. The van der Waals surface area contributed by atoms with Gasteiger partial charge in [-0.1, -0.05) is 29.8 Å². The summed E-state index contributed by atoms with van der Waals surface area (Å²) in [6.07, 6.45) is 2.10. The number of hydrogen-bond acceptors (Lipinski definition) is 3. The maximum Gasteiger partial charge on any atom is 0.240 e. The zero-order valence-corrected chi connectivity index (χ0v) is 14.5. The molecule has 0 amide bonds. The minimum absolute atomic E-state index is 0.242. The maximum atomic E-state index is 12.5. The molecule has 23 heavy (non-hydrogen) atoms. The van der Waals surface area contributed by atoms with Gasteiger partial charge in [-0.2, -0.15) is 0 Å². The molecule has 2 aromatic rings. The summed E-state index contributed by atoms with van der Waals surface area (Å²) >= 11 is 5.84. The molecule has 4 nitrogen and oxygen atoms in total. The lowest BCUT2D eigenvalue weighted by molar-refractivity contribution is 0.581. The Balaban J connectivity index is 1.79. The van der Waals surface area contributed by atoms with E-state index in [0.29, 0.717) is 9.92 Å². The van der Waals surface area contributed by atoms with Gasteiger partial charge in [-0.05, 0) is 48.2 Å². The second kappa shape index (κ2) is 6.51. The van der Waals surface area contributed by atoms with Crippen molar-refractivity contribution in [1.82, 2.24) is 4.72 Å². The number of halogens is 1. The smallest absolute Gasteiger partial charge is 0.240 e. The number of anilines is 1. The van der Waals surface area contributed by atoms with Gasteiger partial charge in [-0.25, -0.2) is 13.1 Å². The molecule has 0 saturated heterocycles. The predicted molar refractivity (Wildman–Crippen MR) is 93.5 cm³/mol. The molecule has 2 aromatic carbocycles. The van der Waals surface area contributed by atoms with E-state index < -0.39 is 10.0 Å². The zero-order valence-electron chi connectivity index (χ0n) is 12.9. The molecule has 1 N–H and O–H groups in total. The molecule has 3 rings (SSSR count). The second-order valence-corrected chi connectivity index (χ2v) is 7.97. The number of benzene rings is 2. The third kappa shape index (κ3) is 3.68. The van der Waals surface area contributed by atoms with Crippen LogP contribution in [0.15, 0.2) is 47.4 Å². The minimum Gasteiger partial charge on any atom is -0.374 e. The highest BCUT2D eigenvalue weighted by molar-refractivity contribution is 7.89. The van der Waals surface area contributed by atoms with Gasteiger partial charge in [0, 0.05) is 30.8 Å². The Morgan fingerprint density at radius 3 is 2.65 bits per heavy atom. The number of rotatable bonds is 4. The van der Waals surface area contributed by atoms with Gasteiger partial charge in [0.2, 0.25) is 10.0 Å². The van der Waals surface area contributed by atoms with Crippen LogP contribution in [0.3, 0.4) is 0 Å². The third-order valence-electron chi connectivity index (χ3n) is 4.10. The van der Waals surface area contributed by atoms with E-state index in [1.807, 2.05) is 25.2 Å². The first-order valence-electron chi connectivity index (χ1n) is 7.54. The number of nitrogens with one attached hydrogen (secondary N) is 1. The molecule has 0 fully saturated rings. The summed E-state index contributed by atoms with van der Waals surface area (Å²) in [5, 5.41) is 0.634. The summed E-state index contributed by atoms with van der Waals surface area (Å²) in [5.74, 6) is 0. The van der Waals surface area contributed by atoms with E-state index in [9.17, 15) is 8.42 Å². The fraction of sp³-hybridized carbons (Fsp3) is 0.294. The first-order valence-corrected chi connectivity index (χ1v) is 9.40. The van der Waals surface area contributed by atoms with Gasteiger partial charge in [0.1, 0.15) is 0 Å².